The lowest BCUT2D eigenvalue weighted by Crippen LogP contribution is -2.41. The van der Waals surface area contributed by atoms with Crippen LogP contribution in [0.5, 0.6) is 5.75 Å². The van der Waals surface area contributed by atoms with Gasteiger partial charge in [0, 0.05) is 73.4 Å². The Morgan fingerprint density at radius 3 is 1.73 bits per heavy atom. The topological polar surface area (TPSA) is 138 Å². The molecule has 0 atom stereocenters. The summed E-state index contributed by atoms with van der Waals surface area (Å²) in [6, 6.07) is 29.2. The number of aryl methyl sites for hydroxylation is 1. The molecule has 4 aromatic rings. The van der Waals surface area contributed by atoms with Gasteiger partial charge in [-0.15, -0.1) is 6.58 Å². The van der Waals surface area contributed by atoms with E-state index in [-0.39, 0.29) is 47.1 Å². The van der Waals surface area contributed by atoms with Crippen LogP contribution in [0.1, 0.15) is 177 Å². The van der Waals surface area contributed by atoms with Gasteiger partial charge in [-0.25, -0.2) is 9.98 Å². The van der Waals surface area contributed by atoms with Crippen LogP contribution in [0.25, 0.3) is 28.5 Å². The Labute approximate surface area is 532 Å². The molecule has 9 aliphatic rings. The quantitative estimate of drug-likeness (QED) is 0.0718. The number of methoxy groups -OCH3 is 1. The number of fused-ring (bicyclic) bond motifs is 2. The number of ether oxygens (including phenoxy) is 5. The molecule has 4 aromatic carbocycles. The third kappa shape index (κ3) is 15.1. The summed E-state index contributed by atoms with van der Waals surface area (Å²) in [4.78, 5) is 59.3. The summed E-state index contributed by atoms with van der Waals surface area (Å²) in [6.07, 6.45) is 31.3. The summed E-state index contributed by atoms with van der Waals surface area (Å²) >= 11 is 5.21. The molecule has 0 unspecified atom stereocenters. The van der Waals surface area contributed by atoms with Gasteiger partial charge in [0.2, 0.25) is 0 Å². The lowest BCUT2D eigenvalue weighted by Gasteiger charge is -2.29. The number of rotatable bonds is 13. The van der Waals surface area contributed by atoms with Crippen LogP contribution in [-0.2, 0) is 39.8 Å². The van der Waals surface area contributed by atoms with E-state index < -0.39 is 0 Å². The molecule has 4 saturated heterocycles. The van der Waals surface area contributed by atoms with Gasteiger partial charge < -0.3 is 33.5 Å². The van der Waals surface area contributed by atoms with Crippen molar-refractivity contribution in [3.8, 4) is 5.75 Å². The number of morpholine rings is 1. The number of hydrogen-bond acceptors (Lipinski definition) is 13. The van der Waals surface area contributed by atoms with Crippen molar-refractivity contribution in [3.63, 3.8) is 0 Å². The number of carbonyl (C=O) groups is 3. The van der Waals surface area contributed by atoms with E-state index in [1.54, 1.807) is 13.2 Å². The lowest BCUT2D eigenvalue weighted by molar-refractivity contribution is -0.125. The molecule has 15 nitrogen and oxygen atoms in total. The molecule has 0 bridgehead atoms. The Morgan fingerprint density at radius 2 is 1.18 bits per heavy atom. The van der Waals surface area contributed by atoms with Crippen molar-refractivity contribution in [3.05, 3.63) is 131 Å². The van der Waals surface area contributed by atoms with Gasteiger partial charge in [-0.2, -0.15) is 0 Å². The van der Waals surface area contributed by atoms with Crippen molar-refractivity contribution in [2.45, 2.75) is 186 Å². The average molecular weight is 1230 g/mol. The zero-order chi connectivity index (χ0) is 61.6. The zero-order valence-electron chi connectivity index (χ0n) is 52.8. The van der Waals surface area contributed by atoms with E-state index in [0.29, 0.717) is 35.9 Å². The van der Waals surface area contributed by atoms with Crippen LogP contribution in [0, 0.1) is 0 Å². The second-order valence-electron chi connectivity index (χ2n) is 24.9. The van der Waals surface area contributed by atoms with Crippen LogP contribution in [0.4, 0.5) is 11.4 Å². The summed E-state index contributed by atoms with van der Waals surface area (Å²) in [5.41, 5.74) is 7.49. The summed E-state index contributed by atoms with van der Waals surface area (Å²) < 4.78 is 29.2. The Kier molecular flexibility index (Phi) is 21.7. The smallest absolute Gasteiger partial charge is 0.300 e. The highest BCUT2D eigenvalue weighted by atomic mass is 32.1. The number of anilines is 2. The maximum absolute atomic E-state index is 13.5. The molecule has 8 fully saturated rings. The highest BCUT2D eigenvalue weighted by Crippen LogP contribution is 2.40. The van der Waals surface area contributed by atoms with Gasteiger partial charge in [-0.1, -0.05) is 126 Å². The van der Waals surface area contributed by atoms with Gasteiger partial charge in [-0.3, -0.25) is 29.1 Å². The molecule has 89 heavy (non-hydrogen) atoms. The number of carbonyl (C=O) groups excluding carboxylic acids is 3. The van der Waals surface area contributed by atoms with E-state index in [0.717, 1.165) is 157 Å². The highest BCUT2D eigenvalue weighted by molar-refractivity contribution is 7.80. The Hall–Kier alpha value is -7.30. The minimum atomic E-state index is -0.157. The van der Waals surface area contributed by atoms with Gasteiger partial charge in [0.05, 0.1) is 32.4 Å². The van der Waals surface area contributed by atoms with E-state index in [1.807, 2.05) is 46.2 Å². The van der Waals surface area contributed by atoms with Gasteiger partial charge in [-0.05, 0) is 167 Å². The second-order valence-corrected chi connectivity index (χ2v) is 25.3. The van der Waals surface area contributed by atoms with Crippen molar-refractivity contribution in [2.75, 3.05) is 62.8 Å². The highest BCUT2D eigenvalue weighted by Gasteiger charge is 2.43. The van der Waals surface area contributed by atoms with Gasteiger partial charge >= 0.3 is 12.0 Å². The maximum Gasteiger partial charge on any atom is 0.300 e. The van der Waals surface area contributed by atoms with Crippen LogP contribution < -0.4 is 14.5 Å². The fourth-order valence-electron chi connectivity index (χ4n) is 14.2. The first-order valence-electron chi connectivity index (χ1n) is 33.5. The summed E-state index contributed by atoms with van der Waals surface area (Å²) in [7, 11) is 1.67. The molecular formula is C73H91N7O8S. The molecule has 16 heteroatoms. The molecule has 472 valence electrons. The lowest BCUT2D eigenvalue weighted by atomic mass is 9.85. The van der Waals surface area contributed by atoms with Gasteiger partial charge in [0.25, 0.3) is 22.9 Å². The average Bonchev–Trinajstić information content (AvgIpc) is 2.15. The molecule has 0 spiro atoms. The van der Waals surface area contributed by atoms with Crippen LogP contribution >= 0.6 is 12.2 Å². The monoisotopic (exact) mass is 1230 g/mol. The molecule has 4 heterocycles. The zero-order valence-corrected chi connectivity index (χ0v) is 53.6. The van der Waals surface area contributed by atoms with E-state index in [2.05, 4.69) is 84.8 Å². The first kappa shape index (κ1) is 63.3. The molecule has 5 aliphatic carbocycles. The van der Waals surface area contributed by atoms with Crippen LogP contribution in [0.2, 0.25) is 0 Å². The second kappa shape index (κ2) is 30.5. The van der Waals surface area contributed by atoms with E-state index >= 15 is 0 Å². The number of amidine groups is 2. The van der Waals surface area contributed by atoms with E-state index in [1.165, 1.54) is 91.1 Å². The van der Waals surface area contributed by atoms with Crippen LogP contribution in [-0.4, -0.2) is 127 Å². The number of allylic oxidation sites excluding steroid dienone is 1. The predicted molar refractivity (Wildman–Crippen MR) is 360 cm³/mol. The van der Waals surface area contributed by atoms with Crippen LogP contribution in [0.15, 0.2) is 119 Å². The Bertz CT molecular complexity index is 3340. The first-order chi connectivity index (χ1) is 43.6. The normalized spacial score (nSPS) is 23.3. The number of hydrogen-bond donors (Lipinski definition) is 0. The number of benzene rings is 4. The molecule has 13 rings (SSSR count). The predicted octanol–water partition coefficient (Wildman–Crippen LogP) is 14.7. The number of amides is 3. The molecule has 4 saturated carbocycles. The third-order valence-electron chi connectivity index (χ3n) is 19.1. The van der Waals surface area contributed by atoms with Gasteiger partial charge in [0.15, 0.2) is 17.3 Å². The molecule has 4 aliphatic heterocycles. The first-order valence-corrected chi connectivity index (χ1v) is 33.9. The van der Waals surface area contributed by atoms with Crippen molar-refractivity contribution >= 4 is 87.0 Å². The Balaban J connectivity index is 0.000000139. The van der Waals surface area contributed by atoms with Crippen molar-refractivity contribution < 1.29 is 38.1 Å². The minimum absolute atomic E-state index is 0.0243. The fraction of sp³-hybridized carbons (Fsp3) is 0.507. The minimum Gasteiger partial charge on any atom is -0.496 e. The SMILES string of the molecule is C=CCN1C(=O)/C(=C2/CCCc3cc4ccccc4cc32)OC1=S.CCN(CC)c1ccc(/C=C2/OC(=NC3CCCCC3)N(C3CCCCC3)C2=O)c(OC)c1.O=C1/C(=C\c2ccc(N3CCOCC3)cc2)OC(=NC2CCCCC2)N1C1CCCCC1. The maximum atomic E-state index is 13.5. The summed E-state index contributed by atoms with van der Waals surface area (Å²) in [5.74, 6) is 1.64. The third-order valence-corrected chi connectivity index (χ3v) is 19.4. The molecular weight excluding hydrogens is 1130 g/mol. The van der Waals surface area contributed by atoms with Crippen molar-refractivity contribution in [1.82, 2.24) is 14.7 Å². The van der Waals surface area contributed by atoms with E-state index in [9.17, 15) is 14.4 Å². The molecule has 0 radical (unpaired) electrons. The van der Waals surface area contributed by atoms with Crippen molar-refractivity contribution in [1.29, 1.82) is 0 Å². The number of nitrogens with zero attached hydrogens (tertiary/aromatic N) is 7. The van der Waals surface area contributed by atoms with E-state index in [4.69, 9.17) is 45.9 Å². The van der Waals surface area contributed by atoms with Crippen LogP contribution in [0.3, 0.4) is 0 Å². The fourth-order valence-corrected chi connectivity index (χ4v) is 14.4. The molecule has 0 aromatic heterocycles. The van der Waals surface area contributed by atoms with Crippen molar-refractivity contribution in [2.24, 2.45) is 9.98 Å². The van der Waals surface area contributed by atoms with Gasteiger partial charge in [0.1, 0.15) is 5.75 Å². The summed E-state index contributed by atoms with van der Waals surface area (Å²) in [6.45, 7) is 13.6. The Morgan fingerprint density at radius 1 is 0.629 bits per heavy atom. The summed E-state index contributed by atoms with van der Waals surface area (Å²) in [5, 5.41) is 2.62. The standard InChI is InChI=1S/C27H39N3O3.C26H35N3O3.C20H17NO2S/c1-4-29(5-2)23-17-16-20(24(19-23)32-3)18-25-26(31)30(22-14-10-7-11-15-22)27(33-25)28-21-12-8-6-9-13-21;30-25-24(19-20-11-13-22(14-12-20)28-15-17-31-18-16-28)32-26(27-21-7-3-1-4-8-21)29(25)23-9-5-2-6-10-23;1-2-10-21-19(22)18(23-20(21)24)16-9-5-8-15-11-13-6-3-4-7-14(13)12-17(15)16/h16-19,21-22H,4-15H2,1-3H3;11-14,19,21,23H,1-10,15-18H2;2-4,6-7,11-12H,1,5,8-10H2/b25-18+,28-27?;24-19+,27-26?;18-16+. The molecule has 3 amide bonds. The number of aliphatic imine (C=N–C) groups is 2. The largest absolute Gasteiger partial charge is 0.496 e. The number of thiocarbonyl (C=S) groups is 1. The molecule has 0 N–H and O–H groups in total.